The van der Waals surface area contributed by atoms with E-state index in [0.717, 1.165) is 44.5 Å². The zero-order valence-corrected chi connectivity index (χ0v) is 14.6. The molecule has 0 radical (unpaired) electrons. The highest BCUT2D eigenvalue weighted by Crippen LogP contribution is 2.48. The number of nitrogens with zero attached hydrogens (tertiary/aromatic N) is 1. The minimum Gasteiger partial charge on any atom is -0.487 e. The Kier molecular flexibility index (Phi) is 4.25. The fourth-order valence-electron chi connectivity index (χ4n) is 4.36. The summed E-state index contributed by atoms with van der Waals surface area (Å²) in [5, 5.41) is 3.82. The summed E-state index contributed by atoms with van der Waals surface area (Å²) in [5.41, 5.74) is 1.36. The predicted octanol–water partition coefficient (Wildman–Crippen LogP) is 3.42. The number of para-hydroxylation sites is 1. The van der Waals surface area contributed by atoms with Crippen LogP contribution in [0.5, 0.6) is 5.75 Å². The molecule has 1 spiro atoms. The third-order valence-electron chi connectivity index (χ3n) is 5.95. The number of nitrogens with one attached hydrogen (secondary N) is 1. The highest BCUT2D eigenvalue weighted by Gasteiger charge is 2.45. The standard InChI is InChI=1S/C20H28N2O2/c1-15(9-13-22-12-4-8-19(22)23)21-17-14-20(10-5-11-20)24-18-7-3-2-6-16(17)18/h2-3,6-7,15,17,21H,4-5,8-14H2,1H3/t15-,17+/m0/s1. The van der Waals surface area contributed by atoms with Gasteiger partial charge in [0.2, 0.25) is 5.91 Å². The summed E-state index contributed by atoms with van der Waals surface area (Å²) >= 11 is 0. The molecule has 1 N–H and O–H groups in total. The number of likely N-dealkylation sites (tertiary alicyclic amines) is 1. The SMILES string of the molecule is C[C@@H](CCN1CCCC1=O)N[C@@H]1CC2(CCC2)Oc2ccccc21. The van der Waals surface area contributed by atoms with Crippen molar-refractivity contribution in [2.75, 3.05) is 13.1 Å². The molecule has 3 aliphatic rings. The van der Waals surface area contributed by atoms with E-state index < -0.39 is 0 Å². The molecule has 2 fully saturated rings. The summed E-state index contributed by atoms with van der Waals surface area (Å²) in [5.74, 6) is 1.38. The lowest BCUT2D eigenvalue weighted by Gasteiger charge is -2.48. The van der Waals surface area contributed by atoms with E-state index in [4.69, 9.17) is 4.74 Å². The monoisotopic (exact) mass is 328 g/mol. The Balaban J connectivity index is 1.40. The van der Waals surface area contributed by atoms with Crippen LogP contribution in [0.3, 0.4) is 0 Å². The molecule has 1 amide bonds. The Morgan fingerprint density at radius 3 is 2.88 bits per heavy atom. The first-order valence-electron chi connectivity index (χ1n) is 9.47. The van der Waals surface area contributed by atoms with Crippen molar-refractivity contribution in [3.8, 4) is 5.75 Å². The van der Waals surface area contributed by atoms with Crippen molar-refractivity contribution in [1.82, 2.24) is 10.2 Å². The second-order valence-corrected chi connectivity index (χ2v) is 7.77. The third kappa shape index (κ3) is 3.04. The maximum atomic E-state index is 11.8. The average Bonchev–Trinajstić information content (AvgIpc) is 2.96. The quantitative estimate of drug-likeness (QED) is 0.900. The van der Waals surface area contributed by atoms with E-state index in [9.17, 15) is 4.79 Å². The van der Waals surface area contributed by atoms with Crippen LogP contribution in [0.15, 0.2) is 24.3 Å². The number of benzene rings is 1. The van der Waals surface area contributed by atoms with Gasteiger partial charge in [-0.1, -0.05) is 18.2 Å². The van der Waals surface area contributed by atoms with E-state index in [1.54, 1.807) is 0 Å². The van der Waals surface area contributed by atoms with Crippen LogP contribution < -0.4 is 10.1 Å². The van der Waals surface area contributed by atoms with Crippen molar-refractivity contribution in [2.45, 2.75) is 69.6 Å². The molecule has 4 rings (SSSR count). The number of rotatable bonds is 5. The molecular weight excluding hydrogens is 300 g/mol. The number of carbonyl (C=O) groups excluding carboxylic acids is 1. The van der Waals surface area contributed by atoms with Gasteiger partial charge in [0.15, 0.2) is 0 Å². The Bertz CT molecular complexity index is 611. The van der Waals surface area contributed by atoms with Crippen molar-refractivity contribution in [3.63, 3.8) is 0 Å². The van der Waals surface area contributed by atoms with Gasteiger partial charge in [-0.25, -0.2) is 0 Å². The molecular formula is C20H28N2O2. The average molecular weight is 328 g/mol. The first-order valence-corrected chi connectivity index (χ1v) is 9.47. The molecule has 0 unspecified atom stereocenters. The molecule has 1 saturated carbocycles. The molecule has 2 heterocycles. The van der Waals surface area contributed by atoms with Gasteiger partial charge in [-0.3, -0.25) is 4.79 Å². The van der Waals surface area contributed by atoms with Crippen molar-refractivity contribution in [2.24, 2.45) is 0 Å². The minimum absolute atomic E-state index is 0.0661. The first-order chi connectivity index (χ1) is 11.7. The molecule has 4 heteroatoms. The molecule has 2 aliphatic heterocycles. The van der Waals surface area contributed by atoms with Gasteiger partial charge >= 0.3 is 0 Å². The zero-order valence-electron chi connectivity index (χ0n) is 14.6. The summed E-state index contributed by atoms with van der Waals surface area (Å²) < 4.78 is 6.33. The number of fused-ring (bicyclic) bond motifs is 1. The van der Waals surface area contributed by atoms with E-state index in [1.165, 1.54) is 24.8 Å². The summed E-state index contributed by atoms with van der Waals surface area (Å²) in [4.78, 5) is 13.8. The second kappa shape index (κ2) is 6.40. The Morgan fingerprint density at radius 1 is 1.33 bits per heavy atom. The van der Waals surface area contributed by atoms with E-state index >= 15 is 0 Å². The normalized spacial score (nSPS) is 26.0. The van der Waals surface area contributed by atoms with Crippen LogP contribution in [0.25, 0.3) is 0 Å². The van der Waals surface area contributed by atoms with Gasteiger partial charge in [-0.2, -0.15) is 0 Å². The van der Waals surface area contributed by atoms with E-state index in [1.807, 2.05) is 4.90 Å². The fraction of sp³-hybridized carbons (Fsp3) is 0.650. The lowest BCUT2D eigenvalue weighted by Crippen LogP contribution is -2.50. The van der Waals surface area contributed by atoms with Gasteiger partial charge in [0.05, 0.1) is 0 Å². The smallest absolute Gasteiger partial charge is 0.222 e. The van der Waals surface area contributed by atoms with Crippen LogP contribution in [-0.4, -0.2) is 35.5 Å². The van der Waals surface area contributed by atoms with Crippen LogP contribution in [-0.2, 0) is 4.79 Å². The lowest BCUT2D eigenvalue weighted by atomic mass is 9.73. The maximum Gasteiger partial charge on any atom is 0.222 e. The van der Waals surface area contributed by atoms with Crippen LogP contribution >= 0.6 is 0 Å². The Labute approximate surface area is 144 Å². The number of carbonyl (C=O) groups is 1. The van der Waals surface area contributed by atoms with E-state index in [0.29, 0.717) is 18.0 Å². The molecule has 0 bridgehead atoms. The Hall–Kier alpha value is -1.55. The van der Waals surface area contributed by atoms with Gasteiger partial charge in [-0.15, -0.1) is 0 Å². The van der Waals surface area contributed by atoms with Crippen molar-refractivity contribution in [1.29, 1.82) is 0 Å². The van der Waals surface area contributed by atoms with E-state index in [-0.39, 0.29) is 5.60 Å². The number of amides is 1. The second-order valence-electron chi connectivity index (χ2n) is 7.77. The number of ether oxygens (including phenoxy) is 1. The summed E-state index contributed by atoms with van der Waals surface area (Å²) in [6, 6.07) is 9.22. The van der Waals surface area contributed by atoms with Gasteiger partial charge in [-0.05, 0) is 45.1 Å². The molecule has 1 saturated heterocycles. The predicted molar refractivity (Wildman–Crippen MR) is 94.0 cm³/mol. The van der Waals surface area contributed by atoms with Gasteiger partial charge in [0, 0.05) is 43.6 Å². The summed E-state index contributed by atoms with van der Waals surface area (Å²) in [6.45, 7) is 4.06. The van der Waals surface area contributed by atoms with Crippen LogP contribution in [0.4, 0.5) is 0 Å². The minimum atomic E-state index is 0.0661. The third-order valence-corrected chi connectivity index (χ3v) is 5.95. The molecule has 24 heavy (non-hydrogen) atoms. The first kappa shape index (κ1) is 15.9. The molecule has 4 nitrogen and oxygen atoms in total. The number of hydrogen-bond acceptors (Lipinski definition) is 3. The molecule has 0 aromatic heterocycles. The van der Waals surface area contributed by atoms with Crippen LogP contribution in [0.1, 0.15) is 63.5 Å². The lowest BCUT2D eigenvalue weighted by molar-refractivity contribution is -0.127. The van der Waals surface area contributed by atoms with Gasteiger partial charge in [0.25, 0.3) is 0 Å². The highest BCUT2D eigenvalue weighted by atomic mass is 16.5. The van der Waals surface area contributed by atoms with Gasteiger partial charge < -0.3 is 15.0 Å². The largest absolute Gasteiger partial charge is 0.487 e. The van der Waals surface area contributed by atoms with Crippen LogP contribution in [0.2, 0.25) is 0 Å². The molecule has 1 aromatic rings. The van der Waals surface area contributed by atoms with Crippen molar-refractivity contribution in [3.05, 3.63) is 29.8 Å². The topological polar surface area (TPSA) is 41.6 Å². The molecule has 1 aromatic carbocycles. The molecule has 2 atom stereocenters. The fourth-order valence-corrected chi connectivity index (χ4v) is 4.36. The summed E-state index contributed by atoms with van der Waals surface area (Å²) in [6.07, 6.45) is 7.47. The van der Waals surface area contributed by atoms with E-state index in [2.05, 4.69) is 36.5 Å². The Morgan fingerprint density at radius 2 is 2.17 bits per heavy atom. The van der Waals surface area contributed by atoms with Gasteiger partial charge in [0.1, 0.15) is 11.4 Å². The van der Waals surface area contributed by atoms with Crippen molar-refractivity contribution < 1.29 is 9.53 Å². The zero-order chi connectivity index (χ0) is 16.6. The maximum absolute atomic E-state index is 11.8. The highest BCUT2D eigenvalue weighted by molar-refractivity contribution is 5.78. The summed E-state index contributed by atoms with van der Waals surface area (Å²) in [7, 11) is 0. The molecule has 130 valence electrons. The van der Waals surface area contributed by atoms with Crippen LogP contribution in [0, 0.1) is 0 Å². The number of hydrogen-bond donors (Lipinski definition) is 1. The van der Waals surface area contributed by atoms with Crippen molar-refractivity contribution >= 4 is 5.91 Å². The molecule has 1 aliphatic carbocycles.